The third-order valence-corrected chi connectivity index (χ3v) is 3.14. The molecule has 0 amide bonds. The zero-order valence-corrected chi connectivity index (χ0v) is 11.4. The summed E-state index contributed by atoms with van der Waals surface area (Å²) in [7, 11) is 0. The number of halogens is 1. The molecule has 2 nitrogen and oxygen atoms in total. The Hall–Kier alpha value is -0.730. The molecule has 0 heterocycles. The van der Waals surface area contributed by atoms with Crippen LogP contribution in [0.25, 0.3) is 0 Å². The van der Waals surface area contributed by atoms with Crippen molar-refractivity contribution in [3.05, 3.63) is 29.3 Å². The van der Waals surface area contributed by atoms with Crippen LogP contribution in [-0.4, -0.2) is 6.61 Å². The molecule has 2 N–H and O–H groups in total. The topological polar surface area (TPSA) is 35.2 Å². The van der Waals surface area contributed by atoms with Gasteiger partial charge in [0.1, 0.15) is 5.75 Å². The average Bonchev–Trinajstić information content (AvgIpc) is 3.09. The number of rotatable bonds is 5. The van der Waals surface area contributed by atoms with Crippen LogP contribution in [0.15, 0.2) is 18.2 Å². The van der Waals surface area contributed by atoms with Crippen LogP contribution in [0.5, 0.6) is 5.75 Å². The zero-order valence-electron chi connectivity index (χ0n) is 10.6. The number of ether oxygens (including phenoxy) is 1. The molecule has 1 saturated carbocycles. The fraction of sp³-hybridized carbons (Fsp3) is 0.571. The van der Waals surface area contributed by atoms with E-state index in [2.05, 4.69) is 25.1 Å². The summed E-state index contributed by atoms with van der Waals surface area (Å²) in [5.74, 6) is 1.76. The third-order valence-electron chi connectivity index (χ3n) is 3.14. The lowest BCUT2D eigenvalue weighted by Gasteiger charge is -2.15. The van der Waals surface area contributed by atoms with E-state index >= 15 is 0 Å². The minimum absolute atomic E-state index is 0. The van der Waals surface area contributed by atoms with E-state index in [1.165, 1.54) is 18.4 Å². The van der Waals surface area contributed by atoms with E-state index in [-0.39, 0.29) is 18.4 Å². The van der Waals surface area contributed by atoms with Crippen LogP contribution in [-0.2, 0) is 6.42 Å². The Morgan fingerprint density at radius 1 is 1.41 bits per heavy atom. The molecule has 1 aromatic carbocycles. The number of aryl methyl sites for hydroxylation is 1. The van der Waals surface area contributed by atoms with Gasteiger partial charge in [-0.15, -0.1) is 12.4 Å². The number of hydrogen-bond acceptors (Lipinski definition) is 2. The Bertz CT molecular complexity index is 361. The van der Waals surface area contributed by atoms with Gasteiger partial charge in [-0.3, -0.25) is 0 Å². The highest BCUT2D eigenvalue weighted by Gasteiger charge is 2.22. The molecule has 0 bridgehead atoms. The van der Waals surface area contributed by atoms with Crippen molar-refractivity contribution in [2.75, 3.05) is 6.61 Å². The van der Waals surface area contributed by atoms with Crippen LogP contribution in [0.2, 0.25) is 0 Å². The first kappa shape index (κ1) is 14.3. The van der Waals surface area contributed by atoms with E-state index < -0.39 is 0 Å². The molecule has 0 spiro atoms. The fourth-order valence-corrected chi connectivity index (χ4v) is 1.80. The number of benzene rings is 1. The van der Waals surface area contributed by atoms with E-state index in [0.717, 1.165) is 30.3 Å². The molecule has 0 radical (unpaired) electrons. The van der Waals surface area contributed by atoms with E-state index in [4.69, 9.17) is 10.5 Å². The second-order valence-corrected chi connectivity index (χ2v) is 4.77. The molecule has 1 aliphatic carbocycles. The fourth-order valence-electron chi connectivity index (χ4n) is 1.80. The molecule has 1 unspecified atom stereocenters. The monoisotopic (exact) mass is 255 g/mol. The summed E-state index contributed by atoms with van der Waals surface area (Å²) < 4.78 is 5.84. The van der Waals surface area contributed by atoms with Gasteiger partial charge in [0.2, 0.25) is 0 Å². The maximum Gasteiger partial charge on any atom is 0.124 e. The molecule has 2 rings (SSSR count). The van der Waals surface area contributed by atoms with Gasteiger partial charge in [0.15, 0.2) is 0 Å². The van der Waals surface area contributed by atoms with E-state index in [1.54, 1.807) is 0 Å². The normalized spacial score (nSPS) is 16.2. The van der Waals surface area contributed by atoms with Crippen molar-refractivity contribution >= 4 is 12.4 Å². The van der Waals surface area contributed by atoms with Crippen molar-refractivity contribution in [1.82, 2.24) is 0 Å². The van der Waals surface area contributed by atoms with E-state index in [1.807, 2.05) is 6.92 Å². The smallest absolute Gasteiger partial charge is 0.124 e. The lowest BCUT2D eigenvalue weighted by Crippen LogP contribution is -2.09. The lowest BCUT2D eigenvalue weighted by molar-refractivity contribution is 0.295. The second-order valence-electron chi connectivity index (χ2n) is 4.77. The SMILES string of the molecule is CCc1ccc(OCC2CC2)c(C(C)N)c1.Cl. The van der Waals surface area contributed by atoms with Gasteiger partial charge in [0.05, 0.1) is 6.61 Å². The zero-order chi connectivity index (χ0) is 11.5. The van der Waals surface area contributed by atoms with Crippen LogP contribution in [0.3, 0.4) is 0 Å². The first-order valence-corrected chi connectivity index (χ1v) is 6.22. The number of nitrogens with two attached hydrogens (primary N) is 1. The highest BCUT2D eigenvalue weighted by molar-refractivity contribution is 5.85. The van der Waals surface area contributed by atoms with Gasteiger partial charge in [0, 0.05) is 11.6 Å². The minimum Gasteiger partial charge on any atom is -0.493 e. The molecule has 1 aliphatic rings. The van der Waals surface area contributed by atoms with Crippen LogP contribution < -0.4 is 10.5 Å². The Morgan fingerprint density at radius 2 is 2.12 bits per heavy atom. The molecule has 0 aromatic heterocycles. The van der Waals surface area contributed by atoms with Gasteiger partial charge >= 0.3 is 0 Å². The lowest BCUT2D eigenvalue weighted by atomic mass is 10.0. The molecule has 3 heteroatoms. The van der Waals surface area contributed by atoms with Crippen molar-refractivity contribution in [2.24, 2.45) is 11.7 Å². The highest BCUT2D eigenvalue weighted by atomic mass is 35.5. The largest absolute Gasteiger partial charge is 0.493 e. The second kappa shape index (κ2) is 6.27. The third kappa shape index (κ3) is 3.90. The highest BCUT2D eigenvalue weighted by Crippen LogP contribution is 2.31. The summed E-state index contributed by atoms with van der Waals surface area (Å²) in [6, 6.07) is 6.42. The molecular weight excluding hydrogens is 234 g/mol. The Kier molecular flexibility index (Phi) is 5.29. The number of hydrogen-bond donors (Lipinski definition) is 1. The predicted octanol–water partition coefficient (Wildman–Crippen LogP) is 3.48. The summed E-state index contributed by atoms with van der Waals surface area (Å²) in [5, 5.41) is 0. The average molecular weight is 256 g/mol. The first-order valence-electron chi connectivity index (χ1n) is 6.22. The van der Waals surface area contributed by atoms with Gasteiger partial charge in [-0.05, 0) is 43.7 Å². The molecule has 0 aliphatic heterocycles. The summed E-state index contributed by atoms with van der Waals surface area (Å²) in [4.78, 5) is 0. The summed E-state index contributed by atoms with van der Waals surface area (Å²) >= 11 is 0. The maximum absolute atomic E-state index is 5.98. The van der Waals surface area contributed by atoms with E-state index in [0.29, 0.717) is 0 Å². The van der Waals surface area contributed by atoms with Gasteiger partial charge in [-0.25, -0.2) is 0 Å². The predicted molar refractivity (Wildman–Crippen MR) is 73.9 cm³/mol. The van der Waals surface area contributed by atoms with Gasteiger partial charge in [0.25, 0.3) is 0 Å². The Labute approximate surface area is 110 Å². The minimum atomic E-state index is 0. The van der Waals surface area contributed by atoms with Crippen molar-refractivity contribution in [2.45, 2.75) is 39.2 Å². The van der Waals surface area contributed by atoms with Crippen LogP contribution in [0.4, 0.5) is 0 Å². The molecule has 1 fully saturated rings. The molecular formula is C14H22ClNO. The molecule has 1 aromatic rings. The Morgan fingerprint density at radius 3 is 2.65 bits per heavy atom. The summed E-state index contributed by atoms with van der Waals surface area (Å²) in [6.07, 6.45) is 3.68. The van der Waals surface area contributed by atoms with Crippen LogP contribution in [0, 0.1) is 5.92 Å². The molecule has 1 atom stereocenters. The first-order chi connectivity index (χ1) is 7.70. The van der Waals surface area contributed by atoms with Crippen LogP contribution in [0.1, 0.15) is 43.9 Å². The van der Waals surface area contributed by atoms with E-state index in [9.17, 15) is 0 Å². The van der Waals surface area contributed by atoms with Crippen molar-refractivity contribution < 1.29 is 4.74 Å². The summed E-state index contributed by atoms with van der Waals surface area (Å²) in [6.45, 7) is 5.02. The maximum atomic E-state index is 5.98. The standard InChI is InChI=1S/C14H21NO.ClH/c1-3-11-6-7-14(13(8-11)10(2)15)16-9-12-4-5-12;/h6-8,10,12H,3-5,9,15H2,1-2H3;1H. The van der Waals surface area contributed by atoms with Crippen molar-refractivity contribution in [3.63, 3.8) is 0 Å². The van der Waals surface area contributed by atoms with Gasteiger partial charge in [-0.2, -0.15) is 0 Å². The van der Waals surface area contributed by atoms with Gasteiger partial charge in [-0.1, -0.05) is 19.1 Å². The summed E-state index contributed by atoms with van der Waals surface area (Å²) in [5.41, 5.74) is 8.44. The van der Waals surface area contributed by atoms with Crippen LogP contribution >= 0.6 is 12.4 Å². The molecule has 0 saturated heterocycles. The van der Waals surface area contributed by atoms with Crippen molar-refractivity contribution in [3.8, 4) is 5.75 Å². The van der Waals surface area contributed by atoms with Crippen molar-refractivity contribution in [1.29, 1.82) is 0 Å². The molecule has 17 heavy (non-hydrogen) atoms. The van der Waals surface area contributed by atoms with Gasteiger partial charge < -0.3 is 10.5 Å². The Balaban J connectivity index is 0.00000144. The quantitative estimate of drug-likeness (QED) is 0.874. The molecule has 96 valence electrons.